The van der Waals surface area contributed by atoms with Gasteiger partial charge in [-0.1, -0.05) is 17.7 Å². The molecule has 8 nitrogen and oxygen atoms in total. The van der Waals surface area contributed by atoms with Crippen molar-refractivity contribution < 1.29 is 18.1 Å². The van der Waals surface area contributed by atoms with Crippen LogP contribution in [0.15, 0.2) is 41.3 Å². The van der Waals surface area contributed by atoms with Gasteiger partial charge >= 0.3 is 0 Å². The van der Waals surface area contributed by atoms with Gasteiger partial charge in [-0.05, 0) is 30.7 Å². The zero-order valence-electron chi connectivity index (χ0n) is 16.2. The molecule has 0 atom stereocenters. The molecular weight excluding hydrogens is 418 g/mol. The summed E-state index contributed by atoms with van der Waals surface area (Å²) in [6.45, 7) is 3.89. The summed E-state index contributed by atoms with van der Waals surface area (Å²) < 4.78 is 32.8. The summed E-state index contributed by atoms with van der Waals surface area (Å²) in [4.78, 5) is 12.6. The van der Waals surface area contributed by atoms with Crippen molar-refractivity contribution in [3.05, 3.63) is 62.7 Å². The van der Waals surface area contributed by atoms with E-state index < -0.39 is 14.9 Å². The molecule has 1 saturated heterocycles. The third kappa shape index (κ3) is 4.69. The van der Waals surface area contributed by atoms with Gasteiger partial charge in [-0.3, -0.25) is 15.0 Å². The van der Waals surface area contributed by atoms with E-state index in [9.17, 15) is 18.5 Å². The van der Waals surface area contributed by atoms with Crippen LogP contribution in [0.3, 0.4) is 0 Å². The summed E-state index contributed by atoms with van der Waals surface area (Å²) in [6.07, 6.45) is 0. The molecule has 0 unspecified atom stereocenters. The van der Waals surface area contributed by atoms with E-state index in [0.29, 0.717) is 43.3 Å². The van der Waals surface area contributed by atoms with Crippen LogP contribution in [0, 0.1) is 17.0 Å². The summed E-state index contributed by atoms with van der Waals surface area (Å²) in [5.74, 6) is 0.733. The first-order valence-electron chi connectivity index (χ1n) is 9.02. The number of aryl methyl sites for hydroxylation is 1. The number of methoxy groups -OCH3 is 1. The predicted molar refractivity (Wildman–Crippen MR) is 110 cm³/mol. The predicted octanol–water partition coefficient (Wildman–Crippen LogP) is 3.07. The van der Waals surface area contributed by atoms with Gasteiger partial charge in [0.25, 0.3) is 5.69 Å². The number of ether oxygens (including phenoxy) is 1. The Morgan fingerprint density at radius 2 is 1.83 bits per heavy atom. The van der Waals surface area contributed by atoms with Crippen LogP contribution in [0.4, 0.5) is 5.69 Å². The van der Waals surface area contributed by atoms with Crippen LogP contribution in [0.2, 0.25) is 5.02 Å². The van der Waals surface area contributed by atoms with E-state index in [4.69, 9.17) is 16.3 Å². The van der Waals surface area contributed by atoms with E-state index in [0.717, 1.165) is 17.4 Å². The Morgan fingerprint density at radius 3 is 2.45 bits per heavy atom. The standard InChI is InChI=1S/C19H22ClN3O5S/c1-14-3-5-17(23(24)25)12-19(14)29(26,27)22-9-7-21(8-10-22)13-15-11-16(20)4-6-18(15)28-2/h3-6,11-12H,7-10,13H2,1-2H3. The van der Waals surface area contributed by atoms with Crippen molar-refractivity contribution in [2.75, 3.05) is 33.3 Å². The second kappa shape index (κ2) is 8.66. The fourth-order valence-corrected chi connectivity index (χ4v) is 5.22. The zero-order chi connectivity index (χ0) is 21.2. The number of hydrogen-bond acceptors (Lipinski definition) is 6. The topological polar surface area (TPSA) is 93.0 Å². The van der Waals surface area contributed by atoms with Gasteiger partial charge in [0.05, 0.1) is 16.9 Å². The quantitative estimate of drug-likeness (QED) is 0.507. The fourth-order valence-electron chi connectivity index (χ4n) is 3.36. The van der Waals surface area contributed by atoms with Crippen molar-refractivity contribution >= 4 is 27.3 Å². The molecule has 1 fully saturated rings. The number of rotatable bonds is 6. The molecule has 0 amide bonds. The molecule has 0 radical (unpaired) electrons. The molecule has 0 bridgehead atoms. The van der Waals surface area contributed by atoms with Crippen molar-refractivity contribution in [1.82, 2.24) is 9.21 Å². The number of benzene rings is 2. The average molecular weight is 440 g/mol. The van der Waals surface area contributed by atoms with Gasteiger partial charge in [0.1, 0.15) is 5.75 Å². The molecule has 0 N–H and O–H groups in total. The number of hydrogen-bond donors (Lipinski definition) is 0. The third-order valence-corrected chi connectivity index (χ3v) is 7.24. The van der Waals surface area contributed by atoms with E-state index in [1.807, 2.05) is 12.1 Å². The lowest BCUT2D eigenvalue weighted by molar-refractivity contribution is -0.385. The minimum absolute atomic E-state index is 0.0170. The number of sulfonamides is 1. The average Bonchev–Trinajstić information content (AvgIpc) is 2.68. The second-order valence-corrected chi connectivity index (χ2v) is 9.19. The monoisotopic (exact) mass is 439 g/mol. The molecule has 1 aliphatic rings. The molecular formula is C19H22ClN3O5S. The molecule has 0 saturated carbocycles. The molecule has 10 heteroatoms. The number of nitro groups is 1. The maximum atomic E-state index is 13.0. The van der Waals surface area contributed by atoms with E-state index in [-0.39, 0.29) is 10.6 Å². The Kier molecular flexibility index (Phi) is 6.42. The maximum Gasteiger partial charge on any atom is 0.270 e. The molecule has 3 rings (SSSR count). The Hall–Kier alpha value is -2.20. The Morgan fingerprint density at radius 1 is 1.14 bits per heavy atom. The fraction of sp³-hybridized carbons (Fsp3) is 0.368. The van der Waals surface area contributed by atoms with Crippen molar-refractivity contribution in [1.29, 1.82) is 0 Å². The number of nitrogens with zero attached hydrogens (tertiary/aromatic N) is 3. The van der Waals surface area contributed by atoms with E-state index in [1.54, 1.807) is 20.1 Å². The third-order valence-electron chi connectivity index (χ3n) is 4.97. The van der Waals surface area contributed by atoms with Crippen LogP contribution in [-0.4, -0.2) is 55.8 Å². The van der Waals surface area contributed by atoms with Crippen LogP contribution in [0.25, 0.3) is 0 Å². The van der Waals surface area contributed by atoms with E-state index in [1.165, 1.54) is 16.4 Å². The van der Waals surface area contributed by atoms with Crippen LogP contribution >= 0.6 is 11.6 Å². The molecule has 1 aliphatic heterocycles. The van der Waals surface area contributed by atoms with Gasteiger partial charge < -0.3 is 4.74 Å². The molecule has 0 aliphatic carbocycles. The molecule has 2 aromatic carbocycles. The SMILES string of the molecule is COc1ccc(Cl)cc1CN1CCN(S(=O)(=O)c2cc([N+](=O)[O-])ccc2C)CC1. The van der Waals surface area contributed by atoms with Crippen LogP contribution in [0.1, 0.15) is 11.1 Å². The maximum absolute atomic E-state index is 13.0. The summed E-state index contributed by atoms with van der Waals surface area (Å²) >= 11 is 6.08. The number of non-ortho nitro benzene ring substituents is 1. The van der Waals surface area contributed by atoms with Gasteiger partial charge in [0.2, 0.25) is 10.0 Å². The molecule has 1 heterocycles. The van der Waals surface area contributed by atoms with Gasteiger partial charge in [-0.2, -0.15) is 4.31 Å². The lowest BCUT2D eigenvalue weighted by Gasteiger charge is -2.34. The Balaban J connectivity index is 1.73. The van der Waals surface area contributed by atoms with Crippen LogP contribution < -0.4 is 4.74 Å². The number of halogens is 1. The van der Waals surface area contributed by atoms with Crippen molar-refractivity contribution in [2.45, 2.75) is 18.4 Å². The van der Waals surface area contributed by atoms with Gasteiger partial charge in [0, 0.05) is 55.4 Å². The summed E-state index contributed by atoms with van der Waals surface area (Å²) in [7, 11) is -2.21. The summed E-state index contributed by atoms with van der Waals surface area (Å²) in [5, 5.41) is 11.6. The number of piperazine rings is 1. The van der Waals surface area contributed by atoms with Crippen molar-refractivity contribution in [2.24, 2.45) is 0 Å². The first kappa shape index (κ1) is 21.5. The zero-order valence-corrected chi connectivity index (χ0v) is 17.7. The highest BCUT2D eigenvalue weighted by molar-refractivity contribution is 7.89. The smallest absolute Gasteiger partial charge is 0.270 e. The number of nitro benzene ring substituents is 1. The lowest BCUT2D eigenvalue weighted by atomic mass is 10.1. The summed E-state index contributed by atoms with van der Waals surface area (Å²) in [6, 6.07) is 9.32. The molecule has 2 aromatic rings. The highest BCUT2D eigenvalue weighted by Crippen LogP contribution is 2.27. The molecule has 0 aromatic heterocycles. The summed E-state index contributed by atoms with van der Waals surface area (Å²) in [5.41, 5.74) is 1.19. The largest absolute Gasteiger partial charge is 0.496 e. The highest BCUT2D eigenvalue weighted by atomic mass is 35.5. The van der Waals surface area contributed by atoms with Crippen LogP contribution in [0.5, 0.6) is 5.75 Å². The molecule has 0 spiro atoms. The van der Waals surface area contributed by atoms with Gasteiger partial charge in [0.15, 0.2) is 0 Å². The second-order valence-electron chi connectivity index (χ2n) is 6.84. The van der Waals surface area contributed by atoms with Crippen LogP contribution in [-0.2, 0) is 16.6 Å². The normalized spacial score (nSPS) is 16.0. The Labute approximate surface area is 174 Å². The molecule has 156 valence electrons. The van der Waals surface area contributed by atoms with E-state index >= 15 is 0 Å². The van der Waals surface area contributed by atoms with Crippen molar-refractivity contribution in [3.63, 3.8) is 0 Å². The van der Waals surface area contributed by atoms with Gasteiger partial charge in [-0.15, -0.1) is 0 Å². The van der Waals surface area contributed by atoms with E-state index in [2.05, 4.69) is 4.90 Å². The highest BCUT2D eigenvalue weighted by Gasteiger charge is 2.31. The molecule has 29 heavy (non-hydrogen) atoms. The van der Waals surface area contributed by atoms with Gasteiger partial charge in [-0.25, -0.2) is 8.42 Å². The lowest BCUT2D eigenvalue weighted by Crippen LogP contribution is -2.48. The minimum atomic E-state index is -3.81. The Bertz CT molecular complexity index is 1020. The minimum Gasteiger partial charge on any atom is -0.496 e. The first-order valence-corrected chi connectivity index (χ1v) is 10.8. The van der Waals surface area contributed by atoms with Crippen molar-refractivity contribution in [3.8, 4) is 5.75 Å². The first-order chi connectivity index (χ1) is 13.7.